The van der Waals surface area contributed by atoms with E-state index in [2.05, 4.69) is 22.4 Å². The molecule has 17 heavy (non-hydrogen) atoms. The van der Waals surface area contributed by atoms with E-state index < -0.39 is 0 Å². The van der Waals surface area contributed by atoms with E-state index in [1.54, 1.807) is 17.1 Å². The molecule has 1 aliphatic rings. The summed E-state index contributed by atoms with van der Waals surface area (Å²) in [6.45, 7) is 3.17. The number of nitrogens with one attached hydrogen (secondary N) is 1. The van der Waals surface area contributed by atoms with Crippen molar-refractivity contribution in [1.82, 2.24) is 20.0 Å². The van der Waals surface area contributed by atoms with Gasteiger partial charge in [-0.15, -0.1) is 0 Å². The van der Waals surface area contributed by atoms with Crippen molar-refractivity contribution in [3.05, 3.63) is 12.4 Å². The maximum absolute atomic E-state index is 11.6. The second kappa shape index (κ2) is 5.18. The molecular weight excluding hydrogens is 218 g/mol. The van der Waals surface area contributed by atoms with Crippen LogP contribution in [0.5, 0.6) is 0 Å². The highest BCUT2D eigenvalue weighted by Crippen LogP contribution is 2.12. The average Bonchev–Trinajstić information content (AvgIpc) is 2.85. The minimum atomic E-state index is -0.0114. The molecule has 3 N–H and O–H groups in total. The quantitative estimate of drug-likeness (QED) is 0.742. The summed E-state index contributed by atoms with van der Waals surface area (Å²) in [5.74, 6) is 0.564. The molecule has 0 aromatic carbocycles. The Morgan fingerprint density at radius 3 is 3.12 bits per heavy atom. The van der Waals surface area contributed by atoms with Crippen molar-refractivity contribution < 1.29 is 4.79 Å². The smallest absolute Gasteiger partial charge is 0.241 e. The van der Waals surface area contributed by atoms with Crippen molar-refractivity contribution in [2.75, 3.05) is 32.4 Å². The largest absolute Gasteiger partial charge is 0.396 e. The zero-order chi connectivity index (χ0) is 12.3. The fourth-order valence-electron chi connectivity index (χ4n) is 2.12. The molecule has 0 saturated carbocycles. The van der Waals surface area contributed by atoms with Gasteiger partial charge < -0.3 is 16.0 Å². The highest BCUT2D eigenvalue weighted by Gasteiger charge is 2.19. The Balaban J connectivity index is 1.71. The third kappa shape index (κ3) is 3.45. The Kier molecular flexibility index (Phi) is 3.63. The summed E-state index contributed by atoms with van der Waals surface area (Å²) in [5.41, 5.74) is 6.10. The lowest BCUT2D eigenvalue weighted by Crippen LogP contribution is -2.33. The van der Waals surface area contributed by atoms with E-state index in [9.17, 15) is 4.79 Å². The number of nitrogen functional groups attached to an aromatic ring is 1. The Morgan fingerprint density at radius 1 is 1.71 bits per heavy atom. The SMILES string of the molecule is CN1CCC(CNC(=O)Cn2cc(N)cn2)C1. The van der Waals surface area contributed by atoms with Crippen LogP contribution in [0.4, 0.5) is 5.69 Å². The zero-order valence-electron chi connectivity index (χ0n) is 10.1. The molecule has 2 heterocycles. The number of likely N-dealkylation sites (tertiary alicyclic amines) is 1. The third-order valence-corrected chi connectivity index (χ3v) is 3.04. The van der Waals surface area contributed by atoms with Crippen LogP contribution in [0, 0.1) is 5.92 Å². The Morgan fingerprint density at radius 2 is 2.53 bits per heavy atom. The molecule has 0 bridgehead atoms. The van der Waals surface area contributed by atoms with Crippen molar-refractivity contribution in [2.24, 2.45) is 5.92 Å². The van der Waals surface area contributed by atoms with E-state index in [1.807, 2.05) is 0 Å². The monoisotopic (exact) mass is 237 g/mol. The normalized spacial score (nSPS) is 20.6. The number of hydrogen-bond donors (Lipinski definition) is 2. The van der Waals surface area contributed by atoms with Crippen LogP contribution in [-0.2, 0) is 11.3 Å². The average molecular weight is 237 g/mol. The molecule has 2 rings (SSSR count). The number of aromatic nitrogens is 2. The van der Waals surface area contributed by atoms with Gasteiger partial charge >= 0.3 is 0 Å². The number of carbonyl (C=O) groups is 1. The van der Waals surface area contributed by atoms with Crippen LogP contribution < -0.4 is 11.1 Å². The number of nitrogens with zero attached hydrogens (tertiary/aromatic N) is 3. The highest BCUT2D eigenvalue weighted by molar-refractivity contribution is 5.75. The van der Waals surface area contributed by atoms with Gasteiger partial charge in [0.2, 0.25) is 5.91 Å². The maximum atomic E-state index is 11.6. The predicted octanol–water partition coefficient (Wildman–Crippen LogP) is -0.467. The lowest BCUT2D eigenvalue weighted by molar-refractivity contribution is -0.122. The minimum absolute atomic E-state index is 0.0114. The minimum Gasteiger partial charge on any atom is -0.396 e. The lowest BCUT2D eigenvalue weighted by Gasteiger charge is -2.11. The number of amides is 1. The van der Waals surface area contributed by atoms with Gasteiger partial charge in [-0.2, -0.15) is 5.10 Å². The number of hydrogen-bond acceptors (Lipinski definition) is 4. The Bertz CT molecular complexity index is 389. The summed E-state index contributed by atoms with van der Waals surface area (Å²) in [6, 6.07) is 0. The summed E-state index contributed by atoms with van der Waals surface area (Å²) in [4.78, 5) is 13.9. The number of carbonyl (C=O) groups excluding carboxylic acids is 1. The van der Waals surface area contributed by atoms with Gasteiger partial charge in [0.25, 0.3) is 0 Å². The van der Waals surface area contributed by atoms with Crippen molar-refractivity contribution in [3.8, 4) is 0 Å². The summed E-state index contributed by atoms with van der Waals surface area (Å²) >= 11 is 0. The van der Waals surface area contributed by atoms with Crippen LogP contribution in [0.3, 0.4) is 0 Å². The van der Waals surface area contributed by atoms with Crippen molar-refractivity contribution >= 4 is 11.6 Å². The maximum Gasteiger partial charge on any atom is 0.241 e. The lowest BCUT2D eigenvalue weighted by atomic mass is 10.1. The molecule has 6 heteroatoms. The molecule has 1 aromatic heterocycles. The molecule has 0 aliphatic carbocycles. The van der Waals surface area contributed by atoms with E-state index in [4.69, 9.17) is 5.73 Å². The first kappa shape index (κ1) is 11.9. The van der Waals surface area contributed by atoms with E-state index in [-0.39, 0.29) is 12.5 Å². The molecule has 6 nitrogen and oxygen atoms in total. The second-order valence-electron chi connectivity index (χ2n) is 4.69. The van der Waals surface area contributed by atoms with Gasteiger partial charge in [-0.1, -0.05) is 0 Å². The molecule has 0 radical (unpaired) electrons. The van der Waals surface area contributed by atoms with E-state index in [0.717, 1.165) is 26.1 Å². The van der Waals surface area contributed by atoms with Crippen LogP contribution in [0.1, 0.15) is 6.42 Å². The van der Waals surface area contributed by atoms with Crippen LogP contribution in [-0.4, -0.2) is 47.3 Å². The van der Waals surface area contributed by atoms with Crippen LogP contribution >= 0.6 is 0 Å². The first-order valence-corrected chi connectivity index (χ1v) is 5.86. The van der Waals surface area contributed by atoms with Crippen LogP contribution in [0.15, 0.2) is 12.4 Å². The standard InChI is InChI=1S/C11H19N5O/c1-15-3-2-9(6-15)4-13-11(17)8-16-7-10(12)5-14-16/h5,7,9H,2-4,6,8,12H2,1H3,(H,13,17). The number of rotatable bonds is 4. The fourth-order valence-corrected chi connectivity index (χ4v) is 2.12. The van der Waals surface area contributed by atoms with Crippen LogP contribution in [0.25, 0.3) is 0 Å². The van der Waals surface area contributed by atoms with E-state index in [1.165, 1.54) is 0 Å². The second-order valence-corrected chi connectivity index (χ2v) is 4.69. The van der Waals surface area contributed by atoms with Crippen molar-refractivity contribution in [3.63, 3.8) is 0 Å². The van der Waals surface area contributed by atoms with Crippen LogP contribution in [0.2, 0.25) is 0 Å². The molecule has 1 unspecified atom stereocenters. The van der Waals surface area contributed by atoms with E-state index in [0.29, 0.717) is 11.6 Å². The topological polar surface area (TPSA) is 76.2 Å². The number of anilines is 1. The van der Waals surface area contributed by atoms with Gasteiger partial charge in [0.05, 0.1) is 11.9 Å². The number of nitrogens with two attached hydrogens (primary N) is 1. The van der Waals surface area contributed by atoms with Crippen molar-refractivity contribution in [2.45, 2.75) is 13.0 Å². The molecule has 1 saturated heterocycles. The molecule has 1 aliphatic heterocycles. The Hall–Kier alpha value is -1.56. The first-order valence-electron chi connectivity index (χ1n) is 5.86. The van der Waals surface area contributed by atoms with Gasteiger partial charge in [-0.05, 0) is 25.9 Å². The zero-order valence-corrected chi connectivity index (χ0v) is 10.1. The summed E-state index contributed by atoms with van der Waals surface area (Å²) in [6.07, 6.45) is 4.35. The molecule has 1 amide bonds. The van der Waals surface area contributed by atoms with E-state index >= 15 is 0 Å². The molecule has 94 valence electrons. The van der Waals surface area contributed by atoms with Gasteiger partial charge in [0, 0.05) is 19.3 Å². The third-order valence-electron chi connectivity index (χ3n) is 3.04. The summed E-state index contributed by atoms with van der Waals surface area (Å²) in [7, 11) is 2.11. The van der Waals surface area contributed by atoms with Gasteiger partial charge in [-0.25, -0.2) is 0 Å². The molecule has 1 aromatic rings. The molecule has 1 atom stereocenters. The Labute approximate surface area is 101 Å². The van der Waals surface area contributed by atoms with Gasteiger partial charge in [0.15, 0.2) is 0 Å². The highest BCUT2D eigenvalue weighted by atomic mass is 16.2. The fraction of sp³-hybridized carbons (Fsp3) is 0.636. The van der Waals surface area contributed by atoms with Gasteiger partial charge in [-0.3, -0.25) is 9.48 Å². The molecule has 1 fully saturated rings. The summed E-state index contributed by atoms with van der Waals surface area (Å²) in [5, 5.41) is 6.91. The summed E-state index contributed by atoms with van der Waals surface area (Å²) < 4.78 is 1.55. The first-order chi connectivity index (χ1) is 8.13. The van der Waals surface area contributed by atoms with Gasteiger partial charge in [0.1, 0.15) is 6.54 Å². The van der Waals surface area contributed by atoms with Crippen molar-refractivity contribution in [1.29, 1.82) is 0 Å². The molecule has 0 spiro atoms. The predicted molar refractivity (Wildman–Crippen MR) is 65.3 cm³/mol. The molecular formula is C11H19N5O.